The third-order valence-corrected chi connectivity index (χ3v) is 6.34. The maximum absolute atomic E-state index is 13.0. The summed E-state index contributed by atoms with van der Waals surface area (Å²) in [5.41, 5.74) is 1.85. The van der Waals surface area contributed by atoms with Crippen molar-refractivity contribution in [1.82, 2.24) is 14.8 Å². The minimum atomic E-state index is -0.00637. The van der Waals surface area contributed by atoms with E-state index in [2.05, 4.69) is 28.1 Å². The second kappa shape index (κ2) is 10.6. The van der Waals surface area contributed by atoms with Crippen molar-refractivity contribution in [2.75, 3.05) is 32.8 Å². The van der Waals surface area contributed by atoms with Crippen LogP contribution in [0.25, 0.3) is 0 Å². The highest BCUT2D eigenvalue weighted by atomic mass is 16.5. The highest BCUT2D eigenvalue weighted by Crippen LogP contribution is 2.23. The number of carbonyl (C=O) groups excluding carboxylic acids is 1. The number of hydrogen-bond acceptors (Lipinski definition) is 4. The van der Waals surface area contributed by atoms with E-state index < -0.39 is 0 Å². The molecule has 1 amide bonds. The molecule has 1 aromatic carbocycles. The Bertz CT molecular complexity index is 811. The Hall–Kier alpha value is -2.40. The molecule has 1 aromatic heterocycles. The van der Waals surface area contributed by atoms with Gasteiger partial charge < -0.3 is 14.5 Å². The molecule has 1 saturated heterocycles. The summed E-state index contributed by atoms with van der Waals surface area (Å²) in [5.74, 6) is 0.890. The van der Waals surface area contributed by atoms with Crippen LogP contribution in [0.15, 0.2) is 48.7 Å². The van der Waals surface area contributed by atoms with Gasteiger partial charge in [0, 0.05) is 18.8 Å². The molecule has 1 atom stereocenters. The number of benzene rings is 1. The van der Waals surface area contributed by atoms with E-state index in [1.54, 1.807) is 12.3 Å². The summed E-state index contributed by atoms with van der Waals surface area (Å²) < 4.78 is 6.02. The second-order valence-electron chi connectivity index (χ2n) is 8.43. The molecule has 0 radical (unpaired) electrons. The van der Waals surface area contributed by atoms with Gasteiger partial charge in [-0.05, 0) is 81.4 Å². The number of amides is 1. The van der Waals surface area contributed by atoms with Crippen LogP contribution in [0.2, 0.25) is 0 Å². The van der Waals surface area contributed by atoms with Gasteiger partial charge in [-0.2, -0.15) is 0 Å². The van der Waals surface area contributed by atoms with E-state index in [1.807, 2.05) is 23.1 Å². The Labute approximate surface area is 180 Å². The summed E-state index contributed by atoms with van der Waals surface area (Å²) in [6.45, 7) is 4.16. The van der Waals surface area contributed by atoms with Crippen LogP contribution >= 0.6 is 0 Å². The molecule has 2 aromatic rings. The molecule has 1 fully saturated rings. The van der Waals surface area contributed by atoms with Crippen molar-refractivity contribution in [3.05, 3.63) is 59.9 Å². The molecular formula is C25H33N3O2. The average Bonchev–Trinajstić information content (AvgIpc) is 2.80. The van der Waals surface area contributed by atoms with E-state index in [0.717, 1.165) is 38.1 Å². The Morgan fingerprint density at radius 3 is 2.67 bits per heavy atom. The number of fused-ring (bicyclic) bond motifs is 3. The lowest BCUT2D eigenvalue weighted by molar-refractivity contribution is 0.0716. The van der Waals surface area contributed by atoms with Crippen LogP contribution in [-0.4, -0.2) is 59.5 Å². The van der Waals surface area contributed by atoms with Crippen molar-refractivity contribution in [3.63, 3.8) is 0 Å². The fourth-order valence-electron chi connectivity index (χ4n) is 4.66. The topological polar surface area (TPSA) is 45.7 Å². The quantitative estimate of drug-likeness (QED) is 0.711. The molecule has 160 valence electrons. The zero-order chi connectivity index (χ0) is 20.6. The minimum Gasteiger partial charge on any atom is -0.492 e. The van der Waals surface area contributed by atoms with E-state index in [1.165, 1.54) is 37.8 Å². The number of aryl methyl sites for hydroxylation is 1. The third kappa shape index (κ3) is 5.60. The Balaban J connectivity index is 1.48. The van der Waals surface area contributed by atoms with Crippen molar-refractivity contribution in [1.29, 1.82) is 0 Å². The first-order valence-corrected chi connectivity index (χ1v) is 11.5. The Morgan fingerprint density at radius 1 is 0.933 bits per heavy atom. The van der Waals surface area contributed by atoms with E-state index in [-0.39, 0.29) is 5.91 Å². The smallest absolute Gasteiger partial charge is 0.272 e. The first-order chi connectivity index (χ1) is 14.8. The van der Waals surface area contributed by atoms with Gasteiger partial charge in [0.05, 0.1) is 6.54 Å². The summed E-state index contributed by atoms with van der Waals surface area (Å²) in [5, 5.41) is 0. The highest BCUT2D eigenvalue weighted by Gasteiger charge is 2.22. The number of piperidine rings is 1. The molecule has 2 aliphatic rings. The van der Waals surface area contributed by atoms with Gasteiger partial charge in [-0.25, -0.2) is 0 Å². The van der Waals surface area contributed by atoms with Gasteiger partial charge in [0.25, 0.3) is 5.91 Å². The van der Waals surface area contributed by atoms with Crippen molar-refractivity contribution in [2.45, 2.75) is 51.0 Å². The van der Waals surface area contributed by atoms with E-state index in [9.17, 15) is 4.79 Å². The normalized spacial score (nSPS) is 21.6. The van der Waals surface area contributed by atoms with Crippen molar-refractivity contribution in [2.24, 2.45) is 0 Å². The number of aromatic nitrogens is 1. The van der Waals surface area contributed by atoms with Crippen LogP contribution in [0.4, 0.5) is 0 Å². The van der Waals surface area contributed by atoms with E-state index in [0.29, 0.717) is 24.9 Å². The number of rotatable bonds is 1. The van der Waals surface area contributed by atoms with Crippen LogP contribution in [0.5, 0.6) is 5.75 Å². The maximum Gasteiger partial charge on any atom is 0.272 e. The first-order valence-electron chi connectivity index (χ1n) is 11.5. The van der Waals surface area contributed by atoms with E-state index >= 15 is 0 Å². The predicted molar refractivity (Wildman–Crippen MR) is 119 cm³/mol. The Kier molecular flexibility index (Phi) is 7.35. The molecule has 2 bridgehead atoms. The number of hydrogen-bond donors (Lipinski definition) is 0. The summed E-state index contributed by atoms with van der Waals surface area (Å²) in [7, 11) is 0. The van der Waals surface area contributed by atoms with Crippen LogP contribution in [0.3, 0.4) is 0 Å². The fraction of sp³-hybridized carbons (Fsp3) is 0.520. The van der Waals surface area contributed by atoms with Gasteiger partial charge in [0.15, 0.2) is 0 Å². The predicted octanol–water partition coefficient (Wildman–Crippen LogP) is 4.18. The standard InChI is InChI=1S/C25H33N3O2/c29-25(24-11-1-3-14-26-24)28-17-6-5-16-27-15-4-2-9-22(27)13-12-21-8-7-10-23(20-21)30-19-18-28/h1,3,7-8,10-11,14,20,22H,2,4-6,9,12-13,15-19H2. The molecule has 0 aliphatic carbocycles. The zero-order valence-electron chi connectivity index (χ0n) is 17.8. The summed E-state index contributed by atoms with van der Waals surface area (Å²) in [4.78, 5) is 21.8. The molecule has 5 heteroatoms. The monoisotopic (exact) mass is 407 g/mol. The van der Waals surface area contributed by atoms with Crippen LogP contribution < -0.4 is 4.74 Å². The van der Waals surface area contributed by atoms with Gasteiger partial charge >= 0.3 is 0 Å². The van der Waals surface area contributed by atoms with Gasteiger partial charge in [0.1, 0.15) is 18.1 Å². The van der Waals surface area contributed by atoms with Gasteiger partial charge in [0.2, 0.25) is 0 Å². The lowest BCUT2D eigenvalue weighted by atomic mass is 9.95. The fourth-order valence-corrected chi connectivity index (χ4v) is 4.66. The number of carbonyl (C=O) groups is 1. The second-order valence-corrected chi connectivity index (χ2v) is 8.43. The van der Waals surface area contributed by atoms with Crippen molar-refractivity contribution >= 4 is 5.91 Å². The zero-order valence-corrected chi connectivity index (χ0v) is 17.8. The van der Waals surface area contributed by atoms with E-state index in [4.69, 9.17) is 4.74 Å². The van der Waals surface area contributed by atoms with Crippen LogP contribution in [0, 0.1) is 0 Å². The highest BCUT2D eigenvalue weighted by molar-refractivity contribution is 5.92. The Morgan fingerprint density at radius 2 is 1.80 bits per heavy atom. The third-order valence-electron chi connectivity index (χ3n) is 6.34. The lowest BCUT2D eigenvalue weighted by Crippen LogP contribution is -2.41. The molecule has 5 nitrogen and oxygen atoms in total. The minimum absolute atomic E-state index is 0.00637. The molecule has 1 unspecified atom stereocenters. The maximum atomic E-state index is 13.0. The first kappa shape index (κ1) is 20.9. The van der Waals surface area contributed by atoms with Crippen LogP contribution in [-0.2, 0) is 6.42 Å². The van der Waals surface area contributed by atoms with Gasteiger partial charge in [-0.1, -0.05) is 24.6 Å². The molecule has 4 rings (SSSR count). The van der Waals surface area contributed by atoms with Crippen LogP contribution in [0.1, 0.15) is 54.6 Å². The summed E-state index contributed by atoms with van der Waals surface area (Å²) in [6, 6.07) is 14.6. The average molecular weight is 408 g/mol. The SMILES string of the molecule is O=C(c1ccccn1)N1CCCCN2CCCCC2CCc2cccc(c2)OCC1. The van der Waals surface area contributed by atoms with Gasteiger partial charge in [-0.15, -0.1) is 0 Å². The number of pyridine rings is 1. The number of ether oxygens (including phenoxy) is 1. The lowest BCUT2D eigenvalue weighted by Gasteiger charge is -2.36. The molecule has 3 heterocycles. The molecular weight excluding hydrogens is 374 g/mol. The van der Waals surface area contributed by atoms with Gasteiger partial charge in [-0.3, -0.25) is 9.78 Å². The van der Waals surface area contributed by atoms with Crippen molar-refractivity contribution in [3.8, 4) is 5.75 Å². The molecule has 30 heavy (non-hydrogen) atoms. The number of nitrogens with zero attached hydrogens (tertiary/aromatic N) is 3. The molecule has 0 spiro atoms. The largest absolute Gasteiger partial charge is 0.492 e. The molecule has 2 aliphatic heterocycles. The summed E-state index contributed by atoms with van der Waals surface area (Å²) in [6.07, 6.45) is 10.1. The summed E-state index contributed by atoms with van der Waals surface area (Å²) >= 11 is 0. The van der Waals surface area contributed by atoms with Crippen molar-refractivity contribution < 1.29 is 9.53 Å². The molecule has 0 saturated carbocycles. The molecule has 0 N–H and O–H groups in total.